The number of ether oxygens (including phenoxy) is 2. The maximum Gasteiger partial charge on any atom is 0.323 e. The van der Waals surface area contributed by atoms with Crippen molar-refractivity contribution in [3.63, 3.8) is 0 Å². The lowest BCUT2D eigenvalue weighted by Gasteiger charge is -2.36. The van der Waals surface area contributed by atoms with Gasteiger partial charge in [0.15, 0.2) is 0 Å². The van der Waals surface area contributed by atoms with Crippen molar-refractivity contribution in [2.45, 2.75) is 45.9 Å². The maximum absolute atomic E-state index is 5.61. The van der Waals surface area contributed by atoms with E-state index < -0.39 is 0 Å². The highest BCUT2D eigenvalue weighted by Gasteiger charge is 2.26. The van der Waals surface area contributed by atoms with E-state index in [1.807, 2.05) is 20.8 Å². The summed E-state index contributed by atoms with van der Waals surface area (Å²) < 4.78 is 11.1. The number of hydrogen-bond donors (Lipinski definition) is 2. The Kier molecular flexibility index (Phi) is 4.56. The average molecular weight is 282 g/mol. The third kappa shape index (κ3) is 3.45. The van der Waals surface area contributed by atoms with Gasteiger partial charge in [-0.1, -0.05) is 0 Å². The molecule has 0 spiro atoms. The summed E-state index contributed by atoms with van der Waals surface area (Å²) in [6, 6.07) is 0.454. The predicted molar refractivity (Wildman–Crippen MR) is 75.6 cm³/mol. The molecule has 1 aliphatic heterocycles. The SMILES string of the molecule is CC(C)Oc1nc(NN)nc(N2CC(C)OCC2C)n1. The van der Waals surface area contributed by atoms with E-state index in [0.717, 1.165) is 6.54 Å². The Hall–Kier alpha value is -1.67. The fourth-order valence-corrected chi connectivity index (χ4v) is 1.98. The van der Waals surface area contributed by atoms with Crippen LogP contribution in [0.25, 0.3) is 0 Å². The number of morpholine rings is 1. The molecule has 0 bridgehead atoms. The van der Waals surface area contributed by atoms with Gasteiger partial charge in [-0.3, -0.25) is 5.43 Å². The van der Waals surface area contributed by atoms with Crippen molar-refractivity contribution in [3.8, 4) is 6.01 Å². The molecular formula is C12H22N6O2. The number of nitrogens with one attached hydrogen (secondary N) is 1. The molecule has 2 unspecified atom stereocenters. The van der Waals surface area contributed by atoms with Gasteiger partial charge in [0.2, 0.25) is 11.9 Å². The summed E-state index contributed by atoms with van der Waals surface area (Å²) in [6.45, 7) is 9.27. The first-order chi connectivity index (χ1) is 9.49. The fourth-order valence-electron chi connectivity index (χ4n) is 1.98. The molecule has 1 aromatic rings. The Morgan fingerprint density at radius 2 is 2.10 bits per heavy atom. The minimum absolute atomic E-state index is 0.0167. The molecule has 0 aromatic carbocycles. The van der Waals surface area contributed by atoms with E-state index in [0.29, 0.717) is 12.6 Å². The first-order valence-electron chi connectivity index (χ1n) is 6.77. The highest BCUT2D eigenvalue weighted by atomic mass is 16.5. The Morgan fingerprint density at radius 1 is 1.35 bits per heavy atom. The van der Waals surface area contributed by atoms with E-state index in [1.165, 1.54) is 0 Å². The third-order valence-corrected chi connectivity index (χ3v) is 2.94. The molecule has 20 heavy (non-hydrogen) atoms. The Labute approximate surface area is 118 Å². The summed E-state index contributed by atoms with van der Waals surface area (Å²) in [4.78, 5) is 14.8. The molecular weight excluding hydrogens is 260 g/mol. The smallest absolute Gasteiger partial charge is 0.323 e. The normalized spacial score (nSPS) is 23.0. The van der Waals surface area contributed by atoms with E-state index in [-0.39, 0.29) is 30.2 Å². The molecule has 0 radical (unpaired) electrons. The molecule has 1 fully saturated rings. The molecule has 0 aliphatic carbocycles. The predicted octanol–water partition coefficient (Wildman–Crippen LogP) is 0.558. The largest absolute Gasteiger partial charge is 0.461 e. The van der Waals surface area contributed by atoms with Gasteiger partial charge in [-0.2, -0.15) is 15.0 Å². The van der Waals surface area contributed by atoms with Gasteiger partial charge in [0.05, 0.1) is 24.9 Å². The number of rotatable bonds is 4. The van der Waals surface area contributed by atoms with Crippen molar-refractivity contribution in [2.75, 3.05) is 23.5 Å². The second kappa shape index (κ2) is 6.19. The quantitative estimate of drug-likeness (QED) is 0.610. The first kappa shape index (κ1) is 14.7. The van der Waals surface area contributed by atoms with Crippen LogP contribution in [-0.2, 0) is 4.74 Å². The van der Waals surface area contributed by atoms with Crippen LogP contribution in [0.2, 0.25) is 0 Å². The fraction of sp³-hybridized carbons (Fsp3) is 0.750. The summed E-state index contributed by atoms with van der Waals surface area (Å²) in [5.74, 6) is 6.24. The molecule has 8 nitrogen and oxygen atoms in total. The van der Waals surface area contributed by atoms with Gasteiger partial charge >= 0.3 is 6.01 Å². The van der Waals surface area contributed by atoms with Crippen LogP contribution in [0.5, 0.6) is 6.01 Å². The molecule has 1 aromatic heterocycles. The minimum Gasteiger partial charge on any atom is -0.461 e. The van der Waals surface area contributed by atoms with Gasteiger partial charge < -0.3 is 14.4 Å². The number of hydrogen-bond acceptors (Lipinski definition) is 8. The lowest BCUT2D eigenvalue weighted by atomic mass is 10.2. The number of hydrazine groups is 1. The molecule has 8 heteroatoms. The number of nitrogens with zero attached hydrogens (tertiary/aromatic N) is 4. The molecule has 1 aliphatic rings. The monoisotopic (exact) mass is 282 g/mol. The van der Waals surface area contributed by atoms with Crippen molar-refractivity contribution < 1.29 is 9.47 Å². The molecule has 0 amide bonds. The second-order valence-corrected chi connectivity index (χ2v) is 5.20. The number of anilines is 2. The zero-order valence-electron chi connectivity index (χ0n) is 12.3. The zero-order chi connectivity index (χ0) is 14.7. The van der Waals surface area contributed by atoms with Crippen molar-refractivity contribution in [1.29, 1.82) is 0 Å². The van der Waals surface area contributed by atoms with E-state index in [1.54, 1.807) is 0 Å². The van der Waals surface area contributed by atoms with E-state index in [4.69, 9.17) is 15.3 Å². The van der Waals surface area contributed by atoms with Crippen LogP contribution in [0.3, 0.4) is 0 Å². The van der Waals surface area contributed by atoms with Crippen LogP contribution >= 0.6 is 0 Å². The van der Waals surface area contributed by atoms with Gasteiger partial charge in [0.1, 0.15) is 0 Å². The van der Waals surface area contributed by atoms with E-state index in [2.05, 4.69) is 32.2 Å². The van der Waals surface area contributed by atoms with E-state index >= 15 is 0 Å². The van der Waals surface area contributed by atoms with Crippen LogP contribution in [0.4, 0.5) is 11.9 Å². The Bertz CT molecular complexity index is 456. The van der Waals surface area contributed by atoms with Crippen molar-refractivity contribution >= 4 is 11.9 Å². The second-order valence-electron chi connectivity index (χ2n) is 5.20. The van der Waals surface area contributed by atoms with Crippen LogP contribution in [0.1, 0.15) is 27.7 Å². The molecule has 1 saturated heterocycles. The molecule has 0 saturated carbocycles. The summed E-state index contributed by atoms with van der Waals surface area (Å²) in [6.07, 6.45) is 0.114. The van der Waals surface area contributed by atoms with Gasteiger partial charge in [0, 0.05) is 6.54 Å². The highest BCUT2D eigenvalue weighted by Crippen LogP contribution is 2.21. The van der Waals surface area contributed by atoms with Crippen molar-refractivity contribution in [3.05, 3.63) is 0 Å². The van der Waals surface area contributed by atoms with Crippen LogP contribution < -0.4 is 20.9 Å². The lowest BCUT2D eigenvalue weighted by molar-refractivity contribution is 0.0336. The molecule has 2 atom stereocenters. The maximum atomic E-state index is 5.61. The van der Waals surface area contributed by atoms with Gasteiger partial charge in [0.25, 0.3) is 0 Å². The molecule has 112 valence electrons. The van der Waals surface area contributed by atoms with Gasteiger partial charge in [-0.25, -0.2) is 5.84 Å². The average Bonchev–Trinajstić information content (AvgIpc) is 2.40. The van der Waals surface area contributed by atoms with Crippen LogP contribution in [0, 0.1) is 0 Å². The van der Waals surface area contributed by atoms with Crippen LogP contribution in [0.15, 0.2) is 0 Å². The summed E-state index contributed by atoms with van der Waals surface area (Å²) in [7, 11) is 0. The summed E-state index contributed by atoms with van der Waals surface area (Å²) in [5.41, 5.74) is 2.45. The van der Waals surface area contributed by atoms with Gasteiger partial charge in [-0.05, 0) is 27.7 Å². The zero-order valence-corrected chi connectivity index (χ0v) is 12.3. The topological polar surface area (TPSA) is 98.4 Å². The van der Waals surface area contributed by atoms with Gasteiger partial charge in [-0.15, -0.1) is 0 Å². The summed E-state index contributed by atoms with van der Waals surface area (Å²) in [5, 5.41) is 0. The summed E-state index contributed by atoms with van der Waals surface area (Å²) >= 11 is 0. The van der Waals surface area contributed by atoms with E-state index in [9.17, 15) is 0 Å². The number of nitrogen functional groups attached to an aromatic ring is 1. The minimum atomic E-state index is -0.0167. The standard InChI is InChI=1S/C12H22N6O2/c1-7(2)20-12-15-10(17-13)14-11(16-12)18-5-9(4)19-6-8(18)3/h7-9H,5-6,13H2,1-4H3,(H,14,15,16,17). The molecule has 2 heterocycles. The Balaban J connectivity index is 2.29. The lowest BCUT2D eigenvalue weighted by Crippen LogP contribution is -2.48. The number of aromatic nitrogens is 3. The Morgan fingerprint density at radius 3 is 2.75 bits per heavy atom. The number of nitrogens with two attached hydrogens (primary N) is 1. The first-order valence-corrected chi connectivity index (χ1v) is 6.77. The van der Waals surface area contributed by atoms with Crippen molar-refractivity contribution in [2.24, 2.45) is 5.84 Å². The molecule has 3 N–H and O–H groups in total. The van der Waals surface area contributed by atoms with Crippen molar-refractivity contribution in [1.82, 2.24) is 15.0 Å². The third-order valence-electron chi connectivity index (χ3n) is 2.94. The highest BCUT2D eigenvalue weighted by molar-refractivity contribution is 5.39. The molecule has 2 rings (SSSR count). The van der Waals surface area contributed by atoms with Crippen LogP contribution in [-0.4, -0.2) is 46.4 Å².